The van der Waals surface area contributed by atoms with Crippen molar-refractivity contribution in [2.45, 2.75) is 68.2 Å². The first-order valence-electron chi connectivity index (χ1n) is 7.81. The molecule has 1 amide bonds. The molecule has 3 unspecified atom stereocenters. The molecule has 2 N–H and O–H groups in total. The first-order valence-corrected chi connectivity index (χ1v) is 9.04. The highest BCUT2D eigenvalue weighted by atomic mass is 32.2. The molecule has 0 aromatic rings. The lowest BCUT2D eigenvalue weighted by Crippen LogP contribution is -2.50. The molecule has 19 heavy (non-hydrogen) atoms. The molecule has 2 saturated carbocycles. The molecule has 3 nitrogen and oxygen atoms in total. The third kappa shape index (κ3) is 2.80. The molecule has 3 fully saturated rings. The van der Waals surface area contributed by atoms with E-state index >= 15 is 0 Å². The number of amides is 1. The van der Waals surface area contributed by atoms with Gasteiger partial charge in [-0.3, -0.25) is 4.79 Å². The van der Waals surface area contributed by atoms with E-state index in [-0.39, 0.29) is 11.9 Å². The van der Waals surface area contributed by atoms with E-state index in [1.807, 2.05) is 11.8 Å². The Balaban J connectivity index is 1.48. The molecule has 4 heteroatoms. The molecule has 0 spiro atoms. The molecule has 1 heterocycles. The molecule has 0 radical (unpaired) electrons. The third-order valence-corrected chi connectivity index (χ3v) is 6.88. The van der Waals surface area contributed by atoms with E-state index in [1.54, 1.807) is 0 Å². The van der Waals surface area contributed by atoms with Crippen LogP contribution in [0.5, 0.6) is 0 Å². The second-order valence-corrected chi connectivity index (χ2v) is 7.84. The van der Waals surface area contributed by atoms with Crippen molar-refractivity contribution < 1.29 is 4.79 Å². The number of carbonyl (C=O) groups is 1. The highest BCUT2D eigenvalue weighted by Crippen LogP contribution is 2.42. The molecule has 3 atom stereocenters. The first-order chi connectivity index (χ1) is 9.22. The second-order valence-electron chi connectivity index (χ2n) is 6.56. The van der Waals surface area contributed by atoms with Gasteiger partial charge in [0, 0.05) is 17.3 Å². The van der Waals surface area contributed by atoms with Crippen molar-refractivity contribution in [1.82, 2.24) is 10.6 Å². The summed E-state index contributed by atoms with van der Waals surface area (Å²) in [6.45, 7) is 0.862. The van der Waals surface area contributed by atoms with Crippen molar-refractivity contribution in [3.05, 3.63) is 0 Å². The maximum absolute atomic E-state index is 12.3. The van der Waals surface area contributed by atoms with Gasteiger partial charge in [-0.15, -0.1) is 0 Å². The molecular formula is C15H26N2OS. The van der Waals surface area contributed by atoms with E-state index in [0.29, 0.717) is 10.8 Å². The fraction of sp³-hybridized carbons (Fsp3) is 0.933. The Labute approximate surface area is 120 Å². The van der Waals surface area contributed by atoms with Crippen molar-refractivity contribution in [3.63, 3.8) is 0 Å². The lowest BCUT2D eigenvalue weighted by atomic mass is 9.84. The monoisotopic (exact) mass is 282 g/mol. The van der Waals surface area contributed by atoms with Gasteiger partial charge in [0.1, 0.15) is 0 Å². The molecule has 3 aliphatic rings. The van der Waals surface area contributed by atoms with Gasteiger partial charge in [-0.2, -0.15) is 11.8 Å². The number of hydrogen-bond donors (Lipinski definition) is 2. The van der Waals surface area contributed by atoms with Crippen LogP contribution in [0.25, 0.3) is 0 Å². The van der Waals surface area contributed by atoms with E-state index in [9.17, 15) is 4.79 Å². The number of nitrogens with one attached hydrogen (secondary N) is 2. The lowest BCUT2D eigenvalue weighted by molar-refractivity contribution is -0.123. The van der Waals surface area contributed by atoms with Crippen LogP contribution in [0.4, 0.5) is 0 Å². The summed E-state index contributed by atoms with van der Waals surface area (Å²) in [6.07, 6.45) is 12.3. The zero-order valence-electron chi connectivity index (χ0n) is 11.9. The highest BCUT2D eigenvalue weighted by Gasteiger charge is 2.40. The van der Waals surface area contributed by atoms with Crippen LogP contribution in [0, 0.1) is 5.92 Å². The van der Waals surface area contributed by atoms with Crippen LogP contribution >= 0.6 is 11.8 Å². The third-order valence-electron chi connectivity index (χ3n) is 5.46. The van der Waals surface area contributed by atoms with Crippen LogP contribution in [0.2, 0.25) is 0 Å². The number of thioether (sulfide) groups is 1. The molecule has 1 aliphatic heterocycles. The SMILES string of the molecule is CSC1(CNC(=O)C2CC3CCCCC3N2)CCC1. The van der Waals surface area contributed by atoms with Crippen molar-refractivity contribution in [1.29, 1.82) is 0 Å². The van der Waals surface area contributed by atoms with Crippen LogP contribution in [0.1, 0.15) is 51.4 Å². The largest absolute Gasteiger partial charge is 0.353 e. The van der Waals surface area contributed by atoms with Crippen molar-refractivity contribution in [2.24, 2.45) is 5.92 Å². The van der Waals surface area contributed by atoms with E-state index in [1.165, 1.54) is 44.9 Å². The Hall–Kier alpha value is -0.220. The maximum atomic E-state index is 12.3. The van der Waals surface area contributed by atoms with Gasteiger partial charge < -0.3 is 10.6 Å². The second kappa shape index (κ2) is 5.65. The molecule has 1 saturated heterocycles. The molecule has 2 aliphatic carbocycles. The molecule has 0 aromatic carbocycles. The van der Waals surface area contributed by atoms with Crippen molar-refractivity contribution in [3.8, 4) is 0 Å². The number of fused-ring (bicyclic) bond motifs is 1. The number of rotatable bonds is 4. The predicted octanol–water partition coefficient (Wildman–Crippen LogP) is 2.31. The van der Waals surface area contributed by atoms with Crippen LogP contribution in [0.3, 0.4) is 0 Å². The average molecular weight is 282 g/mol. The minimum Gasteiger partial charge on any atom is -0.353 e. The topological polar surface area (TPSA) is 41.1 Å². The van der Waals surface area contributed by atoms with Crippen molar-refractivity contribution >= 4 is 17.7 Å². The molecule has 0 bridgehead atoms. The summed E-state index contributed by atoms with van der Waals surface area (Å²) in [5.41, 5.74) is 0. The predicted molar refractivity (Wildman–Crippen MR) is 80.4 cm³/mol. The Morgan fingerprint density at radius 1 is 1.32 bits per heavy atom. The molecule has 3 rings (SSSR count). The Morgan fingerprint density at radius 2 is 2.11 bits per heavy atom. The minimum absolute atomic E-state index is 0.0760. The van der Waals surface area contributed by atoms with Crippen LogP contribution in [0.15, 0.2) is 0 Å². The van der Waals surface area contributed by atoms with Crippen LogP contribution in [-0.2, 0) is 4.79 Å². The van der Waals surface area contributed by atoms with Crippen LogP contribution in [-0.4, -0.2) is 35.5 Å². The van der Waals surface area contributed by atoms with E-state index in [0.717, 1.165) is 18.9 Å². The van der Waals surface area contributed by atoms with Gasteiger partial charge in [0.15, 0.2) is 0 Å². The number of hydrogen-bond acceptors (Lipinski definition) is 3. The Kier molecular flexibility index (Phi) is 4.08. The quantitative estimate of drug-likeness (QED) is 0.831. The fourth-order valence-corrected chi connectivity index (χ4v) is 4.83. The summed E-state index contributed by atoms with van der Waals surface area (Å²) < 4.78 is 0.348. The minimum atomic E-state index is 0.0760. The van der Waals surface area contributed by atoms with Gasteiger partial charge in [0.2, 0.25) is 5.91 Å². The summed E-state index contributed by atoms with van der Waals surface area (Å²) in [4.78, 5) is 12.3. The van der Waals surface area contributed by atoms with Crippen molar-refractivity contribution in [2.75, 3.05) is 12.8 Å². The molecular weight excluding hydrogens is 256 g/mol. The Bertz CT molecular complexity index is 324. The summed E-state index contributed by atoms with van der Waals surface area (Å²) in [5, 5.41) is 6.77. The summed E-state index contributed by atoms with van der Waals surface area (Å²) in [7, 11) is 0. The van der Waals surface area contributed by atoms with Gasteiger partial charge in [0.25, 0.3) is 0 Å². The van der Waals surface area contributed by atoms with Gasteiger partial charge in [0.05, 0.1) is 6.04 Å². The first kappa shape index (κ1) is 13.7. The highest BCUT2D eigenvalue weighted by molar-refractivity contribution is 8.00. The maximum Gasteiger partial charge on any atom is 0.237 e. The van der Waals surface area contributed by atoms with Gasteiger partial charge in [-0.1, -0.05) is 19.3 Å². The molecule has 108 valence electrons. The zero-order chi connectivity index (χ0) is 13.3. The van der Waals surface area contributed by atoms with Crippen LogP contribution < -0.4 is 10.6 Å². The normalized spacial score (nSPS) is 36.4. The smallest absolute Gasteiger partial charge is 0.237 e. The lowest BCUT2D eigenvalue weighted by Gasteiger charge is -2.40. The molecule has 0 aromatic heterocycles. The summed E-state index contributed by atoms with van der Waals surface area (Å²) >= 11 is 1.93. The Morgan fingerprint density at radius 3 is 2.74 bits per heavy atom. The zero-order valence-corrected chi connectivity index (χ0v) is 12.7. The van der Waals surface area contributed by atoms with E-state index < -0.39 is 0 Å². The fourth-order valence-electron chi connectivity index (χ4n) is 3.92. The average Bonchev–Trinajstić information content (AvgIpc) is 2.81. The van der Waals surface area contributed by atoms with E-state index in [2.05, 4.69) is 16.9 Å². The van der Waals surface area contributed by atoms with Gasteiger partial charge in [-0.05, 0) is 44.3 Å². The standard InChI is InChI=1S/C15H26N2OS/c1-19-15(7-4-8-15)10-16-14(18)13-9-11-5-2-3-6-12(11)17-13/h11-13,17H,2-10H2,1H3,(H,16,18). The summed E-state index contributed by atoms with van der Waals surface area (Å²) in [6, 6.07) is 0.690. The van der Waals surface area contributed by atoms with E-state index in [4.69, 9.17) is 0 Å². The van der Waals surface area contributed by atoms with Gasteiger partial charge >= 0.3 is 0 Å². The summed E-state index contributed by atoms with van der Waals surface area (Å²) in [5.74, 6) is 0.998. The van der Waals surface area contributed by atoms with Gasteiger partial charge in [-0.25, -0.2) is 0 Å². The number of carbonyl (C=O) groups excluding carboxylic acids is 1.